The summed E-state index contributed by atoms with van der Waals surface area (Å²) < 4.78 is 0. The van der Waals surface area contributed by atoms with Gasteiger partial charge < -0.3 is 10.4 Å². The Morgan fingerprint density at radius 3 is 2.67 bits per heavy atom. The summed E-state index contributed by atoms with van der Waals surface area (Å²) in [5, 5.41) is 14.1. The molecule has 1 aromatic heterocycles. The van der Waals surface area contributed by atoms with Crippen molar-refractivity contribution in [2.45, 2.75) is 19.3 Å². The first-order chi connectivity index (χ1) is 10.2. The molecule has 2 aromatic rings. The molecule has 21 heavy (non-hydrogen) atoms. The summed E-state index contributed by atoms with van der Waals surface area (Å²) in [6.07, 6.45) is 2.98. The van der Waals surface area contributed by atoms with Crippen LogP contribution in [0.2, 0.25) is 0 Å². The molecule has 0 bridgehead atoms. The van der Waals surface area contributed by atoms with E-state index >= 15 is 0 Å². The summed E-state index contributed by atoms with van der Waals surface area (Å²) >= 11 is 1.48. The van der Waals surface area contributed by atoms with Gasteiger partial charge in [-0.25, -0.2) is 0 Å². The molecule has 0 saturated heterocycles. The summed E-state index contributed by atoms with van der Waals surface area (Å²) in [5.41, 5.74) is 2.21. The summed E-state index contributed by atoms with van der Waals surface area (Å²) in [6.45, 7) is 0.864. The lowest BCUT2D eigenvalue weighted by molar-refractivity contribution is 0.0945. The van der Waals surface area contributed by atoms with Gasteiger partial charge in [-0.1, -0.05) is 30.3 Å². The number of carbonyl (C=O) groups is 1. The maximum absolute atomic E-state index is 12.4. The van der Waals surface area contributed by atoms with Crippen molar-refractivity contribution in [2.24, 2.45) is 5.41 Å². The topological polar surface area (TPSA) is 49.3 Å². The van der Waals surface area contributed by atoms with Gasteiger partial charge in [0, 0.05) is 18.7 Å². The highest BCUT2D eigenvalue weighted by Crippen LogP contribution is 2.48. The highest BCUT2D eigenvalue weighted by atomic mass is 32.1. The third kappa shape index (κ3) is 3.17. The molecular weight excluding hydrogens is 282 g/mol. The Kier molecular flexibility index (Phi) is 4.08. The van der Waals surface area contributed by atoms with Crippen LogP contribution >= 0.6 is 11.3 Å². The highest BCUT2D eigenvalue weighted by molar-refractivity contribution is 7.12. The van der Waals surface area contributed by atoms with Crippen molar-refractivity contribution in [1.29, 1.82) is 0 Å². The second kappa shape index (κ2) is 6.00. The molecule has 0 radical (unpaired) electrons. The zero-order valence-electron chi connectivity index (χ0n) is 11.8. The lowest BCUT2D eigenvalue weighted by Crippen LogP contribution is -2.30. The van der Waals surface area contributed by atoms with Crippen LogP contribution in [0.1, 0.15) is 28.9 Å². The first kappa shape index (κ1) is 14.3. The molecule has 4 heteroatoms. The van der Waals surface area contributed by atoms with E-state index < -0.39 is 0 Å². The van der Waals surface area contributed by atoms with Gasteiger partial charge in [0.15, 0.2) is 0 Å². The largest absolute Gasteiger partial charge is 0.396 e. The van der Waals surface area contributed by atoms with Gasteiger partial charge in [-0.05, 0) is 41.7 Å². The Labute approximate surface area is 128 Å². The molecule has 1 aliphatic rings. The van der Waals surface area contributed by atoms with Crippen LogP contribution < -0.4 is 5.32 Å². The van der Waals surface area contributed by atoms with Crippen molar-refractivity contribution < 1.29 is 9.90 Å². The molecule has 0 spiro atoms. The Bertz CT molecular complexity index is 617. The van der Waals surface area contributed by atoms with Gasteiger partial charge in [0.2, 0.25) is 0 Å². The number of amides is 1. The predicted octanol–water partition coefficient (Wildman–Crippen LogP) is 3.31. The number of nitrogens with one attached hydrogen (secondary N) is 1. The normalized spacial score (nSPS) is 15.7. The molecule has 1 fully saturated rings. The number of hydrogen-bond donors (Lipinski definition) is 2. The predicted molar refractivity (Wildman–Crippen MR) is 85.5 cm³/mol. The zero-order valence-corrected chi connectivity index (χ0v) is 12.7. The standard InChI is InChI=1S/C17H19NO2S/c19-10-9-17(7-8-17)12-18-16(20)15-14(6-11-21-15)13-4-2-1-3-5-13/h1-6,11,19H,7-10,12H2,(H,18,20). The van der Waals surface area contributed by atoms with Crippen LogP contribution in [0.3, 0.4) is 0 Å². The lowest BCUT2D eigenvalue weighted by Gasteiger charge is -2.14. The van der Waals surface area contributed by atoms with E-state index in [-0.39, 0.29) is 17.9 Å². The fourth-order valence-electron chi connectivity index (χ4n) is 2.61. The fourth-order valence-corrected chi connectivity index (χ4v) is 3.44. The molecule has 1 heterocycles. The Morgan fingerprint density at radius 2 is 2.00 bits per heavy atom. The van der Waals surface area contributed by atoms with Crippen molar-refractivity contribution in [3.8, 4) is 11.1 Å². The fraction of sp³-hybridized carbons (Fsp3) is 0.353. The molecule has 1 saturated carbocycles. The number of rotatable bonds is 6. The van der Waals surface area contributed by atoms with Crippen LogP contribution in [0.5, 0.6) is 0 Å². The Balaban J connectivity index is 1.70. The van der Waals surface area contributed by atoms with E-state index in [1.807, 2.05) is 41.8 Å². The highest BCUT2D eigenvalue weighted by Gasteiger charge is 2.42. The second-order valence-corrected chi connectivity index (χ2v) is 6.60. The minimum Gasteiger partial charge on any atom is -0.396 e. The molecule has 3 rings (SSSR count). The summed E-state index contributed by atoms with van der Waals surface area (Å²) in [5.74, 6) is -0.00642. The van der Waals surface area contributed by atoms with Gasteiger partial charge in [-0.2, -0.15) is 0 Å². The number of aliphatic hydroxyl groups excluding tert-OH is 1. The molecule has 2 N–H and O–H groups in total. The van der Waals surface area contributed by atoms with Crippen LogP contribution in [-0.2, 0) is 0 Å². The molecule has 1 aromatic carbocycles. The summed E-state index contributed by atoms with van der Waals surface area (Å²) in [7, 11) is 0. The quantitative estimate of drug-likeness (QED) is 0.860. The molecular formula is C17H19NO2S. The summed E-state index contributed by atoms with van der Waals surface area (Å²) in [6, 6.07) is 12.0. The van der Waals surface area contributed by atoms with Gasteiger partial charge >= 0.3 is 0 Å². The van der Waals surface area contributed by atoms with E-state index in [0.717, 1.165) is 35.3 Å². The van der Waals surface area contributed by atoms with Gasteiger partial charge in [-0.15, -0.1) is 11.3 Å². The number of thiophene rings is 1. The summed E-state index contributed by atoms with van der Waals surface area (Å²) in [4.78, 5) is 13.2. The third-order valence-corrected chi connectivity index (χ3v) is 5.09. The average Bonchev–Trinajstić information content (AvgIpc) is 3.10. The van der Waals surface area contributed by atoms with Gasteiger partial charge in [0.1, 0.15) is 0 Å². The van der Waals surface area contributed by atoms with Crippen LogP contribution in [-0.4, -0.2) is 24.2 Å². The molecule has 110 valence electrons. The Morgan fingerprint density at radius 1 is 1.24 bits per heavy atom. The monoisotopic (exact) mass is 301 g/mol. The van der Waals surface area contributed by atoms with Crippen molar-refractivity contribution in [3.05, 3.63) is 46.7 Å². The zero-order chi connectivity index (χ0) is 14.7. The van der Waals surface area contributed by atoms with Crippen molar-refractivity contribution in [3.63, 3.8) is 0 Å². The first-order valence-corrected chi connectivity index (χ1v) is 8.14. The number of carbonyl (C=O) groups excluding carboxylic acids is 1. The van der Waals surface area contributed by atoms with Crippen LogP contribution in [0, 0.1) is 5.41 Å². The van der Waals surface area contributed by atoms with E-state index in [2.05, 4.69) is 5.32 Å². The lowest BCUT2D eigenvalue weighted by atomic mass is 10.0. The molecule has 1 aliphatic carbocycles. The smallest absolute Gasteiger partial charge is 0.262 e. The molecule has 1 amide bonds. The SMILES string of the molecule is O=C(NCC1(CCO)CC1)c1sccc1-c1ccccc1. The van der Waals surface area contributed by atoms with E-state index in [0.29, 0.717) is 6.54 Å². The maximum atomic E-state index is 12.4. The molecule has 0 aliphatic heterocycles. The van der Waals surface area contributed by atoms with E-state index in [1.165, 1.54) is 11.3 Å². The van der Waals surface area contributed by atoms with E-state index in [1.54, 1.807) is 0 Å². The number of hydrogen-bond acceptors (Lipinski definition) is 3. The second-order valence-electron chi connectivity index (χ2n) is 5.69. The first-order valence-electron chi connectivity index (χ1n) is 7.26. The van der Waals surface area contributed by atoms with Gasteiger partial charge in [-0.3, -0.25) is 4.79 Å². The minimum atomic E-state index is -0.00642. The number of benzene rings is 1. The minimum absolute atomic E-state index is 0.00642. The third-order valence-electron chi connectivity index (χ3n) is 4.18. The van der Waals surface area contributed by atoms with Crippen LogP contribution in [0.4, 0.5) is 0 Å². The average molecular weight is 301 g/mol. The van der Waals surface area contributed by atoms with Crippen LogP contribution in [0.15, 0.2) is 41.8 Å². The van der Waals surface area contributed by atoms with Crippen LogP contribution in [0.25, 0.3) is 11.1 Å². The van der Waals surface area contributed by atoms with Crippen molar-refractivity contribution >= 4 is 17.2 Å². The van der Waals surface area contributed by atoms with Gasteiger partial charge in [0.05, 0.1) is 4.88 Å². The maximum Gasteiger partial charge on any atom is 0.262 e. The van der Waals surface area contributed by atoms with Gasteiger partial charge in [0.25, 0.3) is 5.91 Å². The van der Waals surface area contributed by atoms with Crippen molar-refractivity contribution in [1.82, 2.24) is 5.32 Å². The van der Waals surface area contributed by atoms with E-state index in [9.17, 15) is 4.79 Å². The number of aliphatic hydroxyl groups is 1. The van der Waals surface area contributed by atoms with Crippen molar-refractivity contribution in [2.75, 3.05) is 13.2 Å². The molecule has 0 atom stereocenters. The Hall–Kier alpha value is -1.65. The molecule has 3 nitrogen and oxygen atoms in total. The van der Waals surface area contributed by atoms with E-state index in [4.69, 9.17) is 5.11 Å². The molecule has 0 unspecified atom stereocenters.